The van der Waals surface area contributed by atoms with Gasteiger partial charge in [-0.25, -0.2) is 0 Å². The van der Waals surface area contributed by atoms with E-state index in [2.05, 4.69) is 62.6 Å². The first-order valence-electron chi connectivity index (χ1n) is 8.32. The van der Waals surface area contributed by atoms with Gasteiger partial charge in [0.1, 0.15) is 0 Å². The van der Waals surface area contributed by atoms with E-state index in [0.29, 0.717) is 6.04 Å². The van der Waals surface area contributed by atoms with Crippen LogP contribution >= 0.6 is 0 Å². The molecule has 22 heavy (non-hydrogen) atoms. The monoisotopic (exact) mass is 302 g/mol. The van der Waals surface area contributed by atoms with E-state index in [4.69, 9.17) is 0 Å². The molecule has 1 aromatic rings. The van der Waals surface area contributed by atoms with Crippen LogP contribution in [-0.2, 0) is 11.2 Å². The van der Waals surface area contributed by atoms with E-state index in [0.717, 1.165) is 12.8 Å². The largest absolute Gasteiger partial charge is 0.351 e. The van der Waals surface area contributed by atoms with Crippen LogP contribution in [0.15, 0.2) is 24.3 Å². The molecule has 1 amide bonds. The Hall–Kier alpha value is -1.35. The van der Waals surface area contributed by atoms with Crippen molar-refractivity contribution in [1.82, 2.24) is 10.6 Å². The van der Waals surface area contributed by atoms with Gasteiger partial charge in [-0.1, -0.05) is 24.3 Å². The molecule has 1 atom stereocenters. The molecule has 0 radical (unpaired) electrons. The van der Waals surface area contributed by atoms with Crippen LogP contribution in [0.5, 0.6) is 0 Å². The summed E-state index contributed by atoms with van der Waals surface area (Å²) in [4.78, 5) is 11.3. The van der Waals surface area contributed by atoms with E-state index in [1.54, 1.807) is 6.92 Å². The number of carbonyl (C=O) groups excluding carboxylic acids is 1. The summed E-state index contributed by atoms with van der Waals surface area (Å²) in [6.45, 7) is 10.2. The molecule has 0 aromatic heterocycles. The fraction of sp³-hybridized carbons (Fsp3) is 0.632. The first-order valence-corrected chi connectivity index (χ1v) is 8.32. The van der Waals surface area contributed by atoms with Crippen molar-refractivity contribution in [2.24, 2.45) is 0 Å². The molecule has 1 fully saturated rings. The van der Waals surface area contributed by atoms with Crippen LogP contribution < -0.4 is 10.6 Å². The molecular formula is C19H30N2O. The molecule has 0 spiro atoms. The summed E-state index contributed by atoms with van der Waals surface area (Å²) in [5, 5.41) is 6.86. The quantitative estimate of drug-likeness (QED) is 0.811. The van der Waals surface area contributed by atoms with Gasteiger partial charge in [0.25, 0.3) is 0 Å². The lowest BCUT2D eigenvalue weighted by molar-refractivity contribution is -0.120. The molecule has 1 aliphatic carbocycles. The first kappa shape index (κ1) is 17.0. The normalized spacial score (nSPS) is 17.9. The zero-order valence-corrected chi connectivity index (χ0v) is 14.6. The van der Waals surface area contributed by atoms with Gasteiger partial charge in [0.15, 0.2) is 0 Å². The molecule has 0 unspecified atom stereocenters. The number of nitrogens with one attached hydrogen (secondary N) is 2. The summed E-state index contributed by atoms with van der Waals surface area (Å²) in [7, 11) is 0. The summed E-state index contributed by atoms with van der Waals surface area (Å²) >= 11 is 0. The molecule has 0 saturated heterocycles. The maximum absolute atomic E-state index is 11.3. The van der Waals surface area contributed by atoms with E-state index in [1.165, 1.54) is 24.0 Å². The Labute approximate surface area is 134 Å². The van der Waals surface area contributed by atoms with Crippen molar-refractivity contribution < 1.29 is 4.79 Å². The zero-order valence-electron chi connectivity index (χ0n) is 14.6. The molecule has 1 saturated carbocycles. The van der Waals surface area contributed by atoms with Gasteiger partial charge in [-0.15, -0.1) is 0 Å². The summed E-state index contributed by atoms with van der Waals surface area (Å²) in [6, 6.07) is 9.04. The first-order chi connectivity index (χ1) is 10.2. The lowest BCUT2D eigenvalue weighted by atomic mass is 9.93. The summed E-state index contributed by atoms with van der Waals surface area (Å²) in [5.41, 5.74) is 2.91. The summed E-state index contributed by atoms with van der Waals surface area (Å²) < 4.78 is 0. The third-order valence-electron chi connectivity index (χ3n) is 4.53. The highest BCUT2D eigenvalue weighted by Gasteiger charge is 2.43. The summed E-state index contributed by atoms with van der Waals surface area (Å²) in [5.74, 6) is 0.0400. The second-order valence-corrected chi connectivity index (χ2v) is 7.70. The minimum atomic E-state index is -0.170. The van der Waals surface area contributed by atoms with Crippen LogP contribution in [0.2, 0.25) is 0 Å². The second-order valence-electron chi connectivity index (χ2n) is 7.70. The highest BCUT2D eigenvalue weighted by molar-refractivity contribution is 5.73. The SMILES string of the molecule is CC(=O)NC(C)(C)C[C@H](C)NC1(Cc2ccccc2C)CC1. The number of benzene rings is 1. The number of rotatable bonds is 7. The standard InChI is InChI=1S/C19H30N2O/c1-14-8-6-7-9-17(14)13-19(10-11-19)20-15(2)12-18(4,5)21-16(3)22/h6-9,15,20H,10-13H2,1-5H3,(H,21,22)/t15-/m0/s1. The Morgan fingerprint density at radius 3 is 2.50 bits per heavy atom. The molecule has 2 rings (SSSR count). The Kier molecular flexibility index (Phi) is 4.96. The van der Waals surface area contributed by atoms with Crippen LogP contribution in [0.25, 0.3) is 0 Å². The molecule has 0 heterocycles. The average molecular weight is 302 g/mol. The molecule has 3 heteroatoms. The van der Waals surface area contributed by atoms with Crippen LogP contribution in [-0.4, -0.2) is 23.0 Å². The van der Waals surface area contributed by atoms with Crippen LogP contribution in [0.3, 0.4) is 0 Å². The van der Waals surface area contributed by atoms with E-state index < -0.39 is 0 Å². The van der Waals surface area contributed by atoms with E-state index >= 15 is 0 Å². The molecule has 0 bridgehead atoms. The van der Waals surface area contributed by atoms with Crippen molar-refractivity contribution in [2.45, 2.75) is 77.4 Å². The van der Waals surface area contributed by atoms with Gasteiger partial charge in [0.2, 0.25) is 5.91 Å². The molecule has 0 aliphatic heterocycles. The van der Waals surface area contributed by atoms with E-state index in [-0.39, 0.29) is 17.0 Å². The Bertz CT molecular complexity index is 532. The number of aryl methyl sites for hydroxylation is 1. The van der Waals surface area contributed by atoms with E-state index in [1.807, 2.05) is 0 Å². The molecule has 1 aromatic carbocycles. The number of hydrogen-bond acceptors (Lipinski definition) is 2. The van der Waals surface area contributed by atoms with Crippen molar-refractivity contribution in [2.75, 3.05) is 0 Å². The van der Waals surface area contributed by atoms with Crippen LogP contribution in [0.4, 0.5) is 0 Å². The Morgan fingerprint density at radius 2 is 1.95 bits per heavy atom. The average Bonchev–Trinajstić information content (AvgIpc) is 3.09. The number of carbonyl (C=O) groups is 1. The molecule has 122 valence electrons. The van der Waals surface area contributed by atoms with Crippen LogP contribution in [0, 0.1) is 6.92 Å². The zero-order chi connectivity index (χ0) is 16.4. The van der Waals surface area contributed by atoms with Gasteiger partial charge in [-0.3, -0.25) is 4.79 Å². The minimum absolute atomic E-state index is 0.0400. The lowest BCUT2D eigenvalue weighted by Gasteiger charge is -2.32. The lowest BCUT2D eigenvalue weighted by Crippen LogP contribution is -2.49. The third-order valence-corrected chi connectivity index (χ3v) is 4.53. The second kappa shape index (κ2) is 6.41. The highest BCUT2D eigenvalue weighted by Crippen LogP contribution is 2.40. The third kappa shape index (κ3) is 4.84. The van der Waals surface area contributed by atoms with Gasteiger partial charge >= 0.3 is 0 Å². The minimum Gasteiger partial charge on any atom is -0.351 e. The van der Waals surface area contributed by atoms with E-state index in [9.17, 15) is 4.79 Å². The van der Waals surface area contributed by atoms with Crippen molar-refractivity contribution in [3.05, 3.63) is 35.4 Å². The fourth-order valence-electron chi connectivity index (χ4n) is 3.56. The van der Waals surface area contributed by atoms with Gasteiger partial charge < -0.3 is 10.6 Å². The smallest absolute Gasteiger partial charge is 0.217 e. The Morgan fingerprint density at radius 1 is 1.32 bits per heavy atom. The van der Waals surface area contributed by atoms with Gasteiger partial charge in [0.05, 0.1) is 0 Å². The predicted molar refractivity (Wildman–Crippen MR) is 92.0 cm³/mol. The van der Waals surface area contributed by atoms with Gasteiger partial charge in [-0.2, -0.15) is 0 Å². The van der Waals surface area contributed by atoms with Gasteiger partial charge in [0, 0.05) is 24.0 Å². The Balaban J connectivity index is 1.92. The summed E-state index contributed by atoms with van der Waals surface area (Å²) in [6.07, 6.45) is 4.52. The van der Waals surface area contributed by atoms with Crippen LogP contribution in [0.1, 0.15) is 58.1 Å². The van der Waals surface area contributed by atoms with Crippen molar-refractivity contribution in [3.8, 4) is 0 Å². The number of amides is 1. The topological polar surface area (TPSA) is 41.1 Å². The van der Waals surface area contributed by atoms with Crippen molar-refractivity contribution in [3.63, 3.8) is 0 Å². The molecular weight excluding hydrogens is 272 g/mol. The molecule has 3 nitrogen and oxygen atoms in total. The molecule has 1 aliphatic rings. The predicted octanol–water partition coefficient (Wildman–Crippen LogP) is 3.35. The highest BCUT2D eigenvalue weighted by atomic mass is 16.1. The molecule has 2 N–H and O–H groups in total. The maximum Gasteiger partial charge on any atom is 0.217 e. The number of hydrogen-bond donors (Lipinski definition) is 2. The maximum atomic E-state index is 11.3. The fourth-order valence-corrected chi connectivity index (χ4v) is 3.56. The van der Waals surface area contributed by atoms with Crippen molar-refractivity contribution in [1.29, 1.82) is 0 Å². The van der Waals surface area contributed by atoms with Gasteiger partial charge in [-0.05, 0) is 64.5 Å². The van der Waals surface area contributed by atoms with Crippen molar-refractivity contribution >= 4 is 5.91 Å².